The molecule has 0 saturated carbocycles. The van der Waals surface area contributed by atoms with E-state index in [9.17, 15) is 14.4 Å². The molecular weight excluding hydrogens is 1320 g/mol. The van der Waals surface area contributed by atoms with Crippen LogP contribution < -0.4 is 16.0 Å². The van der Waals surface area contributed by atoms with Gasteiger partial charge in [-0.05, 0) is 134 Å². The molecule has 0 radical (unpaired) electrons. The van der Waals surface area contributed by atoms with E-state index in [1.165, 1.54) is 97.4 Å². The molecule has 1 unspecified atom stereocenters. The monoisotopic (exact) mass is 1450 g/mol. The maximum absolute atomic E-state index is 15.8. The quantitative estimate of drug-likeness (QED) is 0.149. The number of amides is 11. The molecule has 29 nitrogen and oxygen atoms in total. The van der Waals surface area contributed by atoms with Gasteiger partial charge < -0.3 is 59.7 Å². The van der Waals surface area contributed by atoms with Gasteiger partial charge in [-0.3, -0.25) is 62.5 Å². The molecule has 2 aromatic rings. The van der Waals surface area contributed by atoms with E-state index in [0.717, 1.165) is 55.0 Å². The van der Waals surface area contributed by atoms with E-state index in [1.54, 1.807) is 53.3 Å². The summed E-state index contributed by atoms with van der Waals surface area (Å²) in [5.74, 6) is -9.35. The first kappa shape index (κ1) is 84.6. The lowest BCUT2D eigenvalue weighted by atomic mass is 9.88. The normalized spacial score (nSPS) is 28.3. The molecule has 1 aromatic heterocycles. The highest BCUT2D eigenvalue weighted by molar-refractivity contribution is 6.00. The van der Waals surface area contributed by atoms with Gasteiger partial charge in [0.25, 0.3) is 5.91 Å². The fourth-order valence-corrected chi connectivity index (χ4v) is 14.7. The van der Waals surface area contributed by atoms with Crippen LogP contribution in [-0.4, -0.2) is 291 Å². The highest BCUT2D eigenvalue weighted by Gasteiger charge is 2.55. The second kappa shape index (κ2) is 38.1. The van der Waals surface area contributed by atoms with Crippen molar-refractivity contribution in [1.29, 1.82) is 0 Å². The maximum Gasteiger partial charge on any atom is 0.270 e. The van der Waals surface area contributed by atoms with Crippen LogP contribution in [0.4, 0.5) is 0 Å². The number of hydroxylamine groups is 2. The van der Waals surface area contributed by atoms with Gasteiger partial charge in [-0.1, -0.05) is 94.2 Å². The van der Waals surface area contributed by atoms with E-state index in [2.05, 4.69) is 31.0 Å². The lowest BCUT2D eigenvalue weighted by molar-refractivity contribution is -0.322. The summed E-state index contributed by atoms with van der Waals surface area (Å²) in [7, 11) is 8.66. The summed E-state index contributed by atoms with van der Waals surface area (Å²) in [5, 5.41) is 18.9. The number of morpholine rings is 1. The van der Waals surface area contributed by atoms with Crippen molar-refractivity contribution in [2.75, 3.05) is 81.7 Å². The van der Waals surface area contributed by atoms with E-state index in [0.29, 0.717) is 39.0 Å². The lowest BCUT2D eigenvalue weighted by Crippen LogP contribution is -2.72. The molecule has 4 aliphatic rings. The summed E-state index contributed by atoms with van der Waals surface area (Å²) >= 11 is 0. The molecule has 0 aliphatic carbocycles. The van der Waals surface area contributed by atoms with Crippen molar-refractivity contribution in [2.24, 2.45) is 29.6 Å². The average molecular weight is 1450 g/mol. The van der Waals surface area contributed by atoms with Crippen molar-refractivity contribution in [3.8, 4) is 0 Å². The summed E-state index contributed by atoms with van der Waals surface area (Å²) in [4.78, 5) is 187. The fourth-order valence-electron chi connectivity index (χ4n) is 14.7. The standard InChI is InChI=1S/C74H123N15O14/c1-22-53-70(96)80(16)50(13)68(94)85(21)61(52(15)102-37-29-28-33-86-35-38-101-39-36-86)65(91)77-59(45(6)7)73(99)81(17)56(40-43(2)3)64(90)75-49(12)67(93)88-48(11)42-58(83(19)71(97)57(41-44(4)5)82(18)69(95)51(88)14)72(98)84(20)60(46(8)9)74(100)89-62(66(92)76-53)63(103-89)47(10)30-24-23-27-34-87-78-54-31-25-26-32-55(54)79-87/h25-26,31-32,43-53,56-63H,22-24,27-30,33-42H2,1-21H3,(H,75,90)(H,76,92)(H,77,91)/t47-,48?,49+,50-,51-,52-,53+,56+,57+,58+,59+,60+,61+,62+,63-/m1/s1. The topological polar surface area (TPSA) is 311 Å². The largest absolute Gasteiger partial charge is 0.379 e. The maximum atomic E-state index is 15.8. The number of aryl methyl sites for hydroxylation is 1. The Bertz CT molecular complexity index is 3220. The number of nitrogens with zero attached hydrogens (tertiary/aromatic N) is 12. The zero-order valence-electron chi connectivity index (χ0n) is 65.4. The summed E-state index contributed by atoms with van der Waals surface area (Å²) in [5.41, 5.74) is 1.59. The number of hydrogen-bond acceptors (Lipinski definition) is 17. The van der Waals surface area contributed by atoms with Gasteiger partial charge >= 0.3 is 0 Å². The Hall–Kier alpha value is -7.37. The summed E-state index contributed by atoms with van der Waals surface area (Å²) in [6, 6.07) is -7.55. The van der Waals surface area contributed by atoms with Crippen LogP contribution in [0.2, 0.25) is 0 Å². The van der Waals surface area contributed by atoms with E-state index >= 15 is 38.4 Å². The van der Waals surface area contributed by atoms with Gasteiger partial charge in [-0.2, -0.15) is 15.0 Å². The van der Waals surface area contributed by atoms with E-state index in [4.69, 9.17) is 14.3 Å². The Balaban J connectivity index is 1.44. The van der Waals surface area contributed by atoms with E-state index in [1.807, 2.05) is 58.9 Å². The van der Waals surface area contributed by atoms with Crippen molar-refractivity contribution in [3.63, 3.8) is 0 Å². The number of carbonyl (C=O) groups is 11. The van der Waals surface area contributed by atoms with Crippen LogP contribution >= 0.6 is 0 Å². The first-order valence-electron chi connectivity index (χ1n) is 37.5. The number of fused-ring (bicyclic) bond motifs is 5. The number of hydrogen-bond donors (Lipinski definition) is 3. The SMILES string of the molecule is CC[C@@H]1NC(=O)[C@@H]2[C@@H]([C@H](C)CCCCCn3nc4ccccc4n3)ON2C(=O)[C@H](C(C)C)N(C)C(=O)[C@@H]2CC(C)N(C(=O)[C@H](C)NC(=O)[C@H](CC(C)C)N(C)C(=O)[C@H](C(C)C)NC(=O)[C@H]([C@@H](C)OCCCCN3CCOCC3)N(C)C(=O)[C@@H](C)N(C)C1=O)[C@H](C)C(=O)N(C)[C@@H](CC(C)C)C(=O)N2C. The predicted molar refractivity (Wildman–Crippen MR) is 388 cm³/mol. The van der Waals surface area contributed by atoms with Crippen LogP contribution in [0.25, 0.3) is 11.0 Å². The zero-order valence-corrected chi connectivity index (χ0v) is 65.4. The van der Waals surface area contributed by atoms with Crippen LogP contribution in [0.15, 0.2) is 24.3 Å². The molecule has 15 atom stereocenters. The summed E-state index contributed by atoms with van der Waals surface area (Å²) < 4.78 is 11.9. The molecule has 103 heavy (non-hydrogen) atoms. The molecule has 3 N–H and O–H groups in total. The first-order valence-corrected chi connectivity index (χ1v) is 37.5. The van der Waals surface area contributed by atoms with Gasteiger partial charge in [0.15, 0.2) is 6.04 Å². The number of carbonyl (C=O) groups excluding carboxylic acids is 11. The lowest BCUT2D eigenvalue weighted by Gasteiger charge is -2.50. The predicted octanol–water partition coefficient (Wildman–Crippen LogP) is 3.95. The molecule has 2 bridgehead atoms. The molecule has 5 heterocycles. The number of nitrogens with one attached hydrogen (secondary N) is 3. The first-order chi connectivity index (χ1) is 48.5. The van der Waals surface area contributed by atoms with E-state index < -0.39 is 162 Å². The second-order valence-corrected chi connectivity index (χ2v) is 30.8. The van der Waals surface area contributed by atoms with E-state index in [-0.39, 0.29) is 50.0 Å². The number of ether oxygens (including phenoxy) is 2. The Labute approximate surface area is 610 Å². The highest BCUT2D eigenvalue weighted by Crippen LogP contribution is 2.35. The third-order valence-electron chi connectivity index (χ3n) is 21.2. The minimum absolute atomic E-state index is 0.0366. The third kappa shape index (κ3) is 20.8. The van der Waals surface area contributed by atoms with Gasteiger partial charge in [0.2, 0.25) is 59.1 Å². The molecule has 6 rings (SSSR count). The molecule has 4 saturated heterocycles. The second-order valence-electron chi connectivity index (χ2n) is 30.8. The molecule has 0 spiro atoms. The number of unbranched alkanes of at least 4 members (excludes halogenated alkanes) is 3. The van der Waals surface area contributed by atoms with Gasteiger partial charge in [-0.25, -0.2) is 5.06 Å². The van der Waals surface area contributed by atoms with Gasteiger partial charge in [-0.15, -0.1) is 0 Å². The van der Waals surface area contributed by atoms with Crippen molar-refractivity contribution in [3.05, 3.63) is 24.3 Å². The number of benzene rings is 1. The van der Waals surface area contributed by atoms with Gasteiger partial charge in [0.1, 0.15) is 77.6 Å². The number of rotatable bonds is 21. The fraction of sp³-hybridized carbons (Fsp3) is 0.770. The van der Waals surface area contributed by atoms with Crippen LogP contribution in [-0.2, 0) is 73.6 Å². The molecule has 11 amide bonds. The van der Waals surface area contributed by atoms with Crippen LogP contribution in [0, 0.1) is 29.6 Å². The number of likely N-dealkylation sites (N-methyl/N-ethyl adjacent to an activating group) is 6. The Morgan fingerprint density at radius 3 is 1.70 bits per heavy atom. The number of aromatic nitrogens is 3. The molecule has 4 aliphatic heterocycles. The van der Waals surface area contributed by atoms with Crippen molar-refractivity contribution in [1.82, 2.24) is 75.2 Å². The molecule has 1 aromatic carbocycles. The summed E-state index contributed by atoms with van der Waals surface area (Å²) in [6.45, 7) is 30.4. The van der Waals surface area contributed by atoms with Crippen molar-refractivity contribution >= 4 is 76.0 Å². The molecule has 578 valence electrons. The van der Waals surface area contributed by atoms with Crippen LogP contribution in [0.3, 0.4) is 0 Å². The molecule has 4 fully saturated rings. The summed E-state index contributed by atoms with van der Waals surface area (Å²) in [6.07, 6.45) is 2.39. The molecular formula is C74H123N15O14. The molecule has 29 heteroatoms. The minimum Gasteiger partial charge on any atom is -0.379 e. The highest BCUT2D eigenvalue weighted by atomic mass is 16.7. The Morgan fingerprint density at radius 2 is 1.12 bits per heavy atom. The van der Waals surface area contributed by atoms with Crippen molar-refractivity contribution < 1.29 is 67.1 Å². The van der Waals surface area contributed by atoms with Crippen LogP contribution in [0.1, 0.15) is 168 Å². The Morgan fingerprint density at radius 1 is 0.544 bits per heavy atom. The Kier molecular flexibility index (Phi) is 31.3. The van der Waals surface area contributed by atoms with Gasteiger partial charge in [0, 0.05) is 68.0 Å². The van der Waals surface area contributed by atoms with Crippen LogP contribution in [0.5, 0.6) is 0 Å². The third-order valence-corrected chi connectivity index (χ3v) is 21.2. The van der Waals surface area contributed by atoms with Gasteiger partial charge in [0.05, 0.1) is 25.9 Å². The minimum atomic E-state index is -1.39. The van der Waals surface area contributed by atoms with Crippen molar-refractivity contribution in [2.45, 2.75) is 259 Å². The smallest absolute Gasteiger partial charge is 0.270 e. The average Bonchev–Trinajstić information content (AvgIpc) is 0.807. The zero-order chi connectivity index (χ0) is 76.8.